The van der Waals surface area contributed by atoms with Crippen molar-refractivity contribution >= 4 is 67.8 Å². The number of nitrogens with zero attached hydrogens (tertiary/aromatic N) is 3. The average molecular weight is 567 g/mol. The number of amides is 1. The van der Waals surface area contributed by atoms with Crippen molar-refractivity contribution in [1.82, 2.24) is 14.6 Å². The van der Waals surface area contributed by atoms with Crippen molar-refractivity contribution in [2.24, 2.45) is 0 Å². The molecule has 0 atom stereocenters. The van der Waals surface area contributed by atoms with E-state index in [1.807, 2.05) is 24.3 Å². The first-order valence-electron chi connectivity index (χ1n) is 11.3. The largest absolute Gasteiger partial charge is 0.326 e. The van der Waals surface area contributed by atoms with Crippen LogP contribution in [0.1, 0.15) is 6.92 Å². The van der Waals surface area contributed by atoms with Gasteiger partial charge in [-0.2, -0.15) is 4.98 Å². The van der Waals surface area contributed by atoms with Gasteiger partial charge in [-0.1, -0.05) is 35.3 Å². The minimum atomic E-state index is -3.88. The first-order chi connectivity index (χ1) is 18.2. The molecule has 3 aromatic carbocycles. The van der Waals surface area contributed by atoms with Gasteiger partial charge in [0.25, 0.3) is 10.0 Å². The molecule has 0 unspecified atom stereocenters. The van der Waals surface area contributed by atoms with Gasteiger partial charge in [0.1, 0.15) is 0 Å². The van der Waals surface area contributed by atoms with Crippen molar-refractivity contribution in [3.05, 3.63) is 95.1 Å². The topological polar surface area (TPSA) is 117 Å². The third-order valence-electron chi connectivity index (χ3n) is 5.42. The molecule has 0 aliphatic heterocycles. The van der Waals surface area contributed by atoms with Crippen LogP contribution in [-0.2, 0) is 14.8 Å². The predicted octanol–water partition coefficient (Wildman–Crippen LogP) is 6.21. The second kappa shape index (κ2) is 10.3. The summed E-state index contributed by atoms with van der Waals surface area (Å²) in [6.07, 6.45) is 1.79. The zero-order chi connectivity index (χ0) is 26.9. The highest BCUT2D eigenvalue weighted by atomic mass is 35.5. The first-order valence-corrected chi connectivity index (χ1v) is 13.5. The summed E-state index contributed by atoms with van der Waals surface area (Å²) in [4.78, 5) is 15.8. The SMILES string of the molecule is CC(=O)Nc1ccc(Nc2nc3c(-c4ccc(NS(=O)(=O)c5cc(Cl)cc(Cl)c5)cc4)cccn3n2)cc1. The number of halogens is 2. The average Bonchev–Trinajstić information content (AvgIpc) is 3.27. The van der Waals surface area contributed by atoms with Crippen LogP contribution in [0.2, 0.25) is 10.0 Å². The Morgan fingerprint density at radius 3 is 2.16 bits per heavy atom. The summed E-state index contributed by atoms with van der Waals surface area (Å²) in [5.41, 5.74) is 4.08. The highest BCUT2D eigenvalue weighted by Gasteiger charge is 2.16. The fourth-order valence-corrected chi connectivity index (χ4v) is 5.55. The van der Waals surface area contributed by atoms with Crippen molar-refractivity contribution in [2.75, 3.05) is 15.4 Å². The maximum atomic E-state index is 12.8. The Labute approximate surface area is 228 Å². The molecular weight excluding hydrogens is 547 g/mol. The van der Waals surface area contributed by atoms with Gasteiger partial charge in [0.2, 0.25) is 11.9 Å². The molecule has 0 bridgehead atoms. The van der Waals surface area contributed by atoms with Crippen molar-refractivity contribution in [3.8, 4) is 11.1 Å². The number of benzene rings is 3. The van der Waals surface area contributed by atoms with Crippen LogP contribution in [0.25, 0.3) is 16.8 Å². The Kier molecular flexibility index (Phi) is 6.94. The fourth-order valence-electron chi connectivity index (χ4n) is 3.77. The molecule has 2 heterocycles. The van der Waals surface area contributed by atoms with Crippen molar-refractivity contribution in [3.63, 3.8) is 0 Å². The lowest BCUT2D eigenvalue weighted by Crippen LogP contribution is -2.12. The molecule has 5 aromatic rings. The summed E-state index contributed by atoms with van der Waals surface area (Å²) in [5, 5.41) is 10.8. The number of nitrogens with one attached hydrogen (secondary N) is 3. The molecule has 0 fully saturated rings. The van der Waals surface area contributed by atoms with Crippen LogP contribution in [0.15, 0.2) is 90.0 Å². The van der Waals surface area contributed by atoms with E-state index in [-0.39, 0.29) is 20.8 Å². The molecule has 1 amide bonds. The summed E-state index contributed by atoms with van der Waals surface area (Å²) in [5.74, 6) is 0.256. The highest BCUT2D eigenvalue weighted by Crippen LogP contribution is 2.28. The Hall–Kier alpha value is -4.12. The van der Waals surface area contributed by atoms with Gasteiger partial charge in [-0.25, -0.2) is 12.9 Å². The van der Waals surface area contributed by atoms with Crippen LogP contribution in [0, 0.1) is 0 Å². The molecule has 0 radical (unpaired) electrons. The number of rotatable bonds is 7. The minimum Gasteiger partial charge on any atom is -0.326 e. The molecule has 5 rings (SSSR count). The molecule has 0 saturated carbocycles. The van der Waals surface area contributed by atoms with E-state index in [0.29, 0.717) is 23.0 Å². The second-order valence-electron chi connectivity index (χ2n) is 8.30. The summed E-state index contributed by atoms with van der Waals surface area (Å²) in [7, 11) is -3.88. The van der Waals surface area contributed by atoms with Crippen molar-refractivity contribution in [2.45, 2.75) is 11.8 Å². The lowest BCUT2D eigenvalue weighted by molar-refractivity contribution is -0.114. The number of aromatic nitrogens is 3. The Morgan fingerprint density at radius 2 is 1.50 bits per heavy atom. The fraction of sp³-hybridized carbons (Fsp3) is 0.0385. The number of carbonyl (C=O) groups is 1. The molecule has 0 spiro atoms. The number of anilines is 4. The molecule has 192 valence electrons. The number of hydrogen-bond acceptors (Lipinski definition) is 6. The summed E-state index contributed by atoms with van der Waals surface area (Å²) >= 11 is 11.9. The number of pyridine rings is 1. The van der Waals surface area contributed by atoms with E-state index in [2.05, 4.69) is 25.4 Å². The molecule has 3 N–H and O–H groups in total. The molecule has 0 saturated heterocycles. The smallest absolute Gasteiger partial charge is 0.261 e. The zero-order valence-corrected chi connectivity index (χ0v) is 22.1. The number of sulfonamides is 1. The van der Waals surface area contributed by atoms with E-state index in [1.54, 1.807) is 47.1 Å². The van der Waals surface area contributed by atoms with E-state index >= 15 is 0 Å². The third kappa shape index (κ3) is 5.72. The van der Waals surface area contributed by atoms with Gasteiger partial charge in [-0.15, -0.1) is 5.10 Å². The summed E-state index contributed by atoms with van der Waals surface area (Å²) in [6.45, 7) is 1.45. The van der Waals surface area contributed by atoms with E-state index in [9.17, 15) is 13.2 Å². The molecule has 12 heteroatoms. The van der Waals surface area contributed by atoms with Crippen molar-refractivity contribution < 1.29 is 13.2 Å². The number of fused-ring (bicyclic) bond motifs is 1. The Bertz CT molecular complexity index is 1730. The van der Waals surface area contributed by atoms with E-state index in [4.69, 9.17) is 23.2 Å². The maximum Gasteiger partial charge on any atom is 0.261 e. The van der Waals surface area contributed by atoms with E-state index in [0.717, 1.165) is 16.8 Å². The normalized spacial score (nSPS) is 11.3. The van der Waals surface area contributed by atoms with Crippen LogP contribution in [0.3, 0.4) is 0 Å². The van der Waals surface area contributed by atoms with Gasteiger partial charge in [0.15, 0.2) is 5.65 Å². The molecule has 9 nitrogen and oxygen atoms in total. The summed E-state index contributed by atoms with van der Waals surface area (Å²) < 4.78 is 29.8. The molecular formula is C26H20Cl2N6O3S. The quantitative estimate of drug-likeness (QED) is 0.215. The Balaban J connectivity index is 1.36. The minimum absolute atomic E-state index is 0.0305. The van der Waals surface area contributed by atoms with Gasteiger partial charge < -0.3 is 10.6 Å². The van der Waals surface area contributed by atoms with Gasteiger partial charge in [0.05, 0.1) is 4.90 Å². The molecule has 38 heavy (non-hydrogen) atoms. The van der Waals surface area contributed by atoms with Crippen molar-refractivity contribution in [1.29, 1.82) is 0 Å². The van der Waals surface area contributed by atoms with Crippen LogP contribution in [-0.4, -0.2) is 28.9 Å². The first kappa shape index (κ1) is 25.5. The number of hydrogen-bond donors (Lipinski definition) is 3. The molecule has 0 aliphatic carbocycles. The van der Waals surface area contributed by atoms with Gasteiger partial charge in [-0.05, 0) is 72.3 Å². The van der Waals surface area contributed by atoms with Crippen LogP contribution < -0.4 is 15.4 Å². The second-order valence-corrected chi connectivity index (χ2v) is 10.9. The van der Waals surface area contributed by atoms with E-state index in [1.165, 1.54) is 25.1 Å². The molecule has 0 aliphatic rings. The number of carbonyl (C=O) groups excluding carboxylic acids is 1. The van der Waals surface area contributed by atoms with Crippen LogP contribution in [0.4, 0.5) is 23.0 Å². The monoisotopic (exact) mass is 566 g/mol. The Morgan fingerprint density at radius 1 is 0.868 bits per heavy atom. The standard InChI is InChI=1S/C26H20Cl2N6O3S/c1-16(35)29-20-8-10-21(11-9-20)30-26-31-25-24(3-2-12-34(25)32-26)17-4-6-22(7-5-17)33-38(36,37)23-14-18(27)13-19(28)15-23/h2-15,33H,1H3,(H,29,35)(H,30,32). The van der Waals surface area contributed by atoms with E-state index < -0.39 is 10.0 Å². The zero-order valence-electron chi connectivity index (χ0n) is 19.8. The lowest BCUT2D eigenvalue weighted by atomic mass is 10.1. The molecule has 2 aromatic heterocycles. The maximum absolute atomic E-state index is 12.8. The van der Waals surface area contributed by atoms with Gasteiger partial charge in [-0.3, -0.25) is 9.52 Å². The third-order valence-corrected chi connectivity index (χ3v) is 7.22. The predicted molar refractivity (Wildman–Crippen MR) is 150 cm³/mol. The van der Waals surface area contributed by atoms with Crippen LogP contribution in [0.5, 0.6) is 0 Å². The van der Waals surface area contributed by atoms with Crippen LogP contribution >= 0.6 is 23.2 Å². The highest BCUT2D eigenvalue weighted by molar-refractivity contribution is 7.92. The summed E-state index contributed by atoms with van der Waals surface area (Å²) in [6, 6.07) is 22.0. The van der Waals surface area contributed by atoms with Gasteiger partial charge in [0, 0.05) is 45.8 Å². The van der Waals surface area contributed by atoms with Gasteiger partial charge >= 0.3 is 0 Å². The lowest BCUT2D eigenvalue weighted by Gasteiger charge is -2.10.